The van der Waals surface area contributed by atoms with Crippen molar-refractivity contribution in [2.45, 2.75) is 32.1 Å². The Morgan fingerprint density at radius 2 is 2.32 bits per heavy atom. The van der Waals surface area contributed by atoms with Crippen LogP contribution in [0.3, 0.4) is 0 Å². The normalized spacial score (nSPS) is 12.1. The van der Waals surface area contributed by atoms with Gasteiger partial charge in [-0.25, -0.2) is 4.98 Å². The van der Waals surface area contributed by atoms with Crippen molar-refractivity contribution in [3.05, 3.63) is 50.9 Å². The van der Waals surface area contributed by atoms with Gasteiger partial charge in [0.2, 0.25) is 5.91 Å². The van der Waals surface area contributed by atoms with E-state index in [1.54, 1.807) is 23.1 Å². The zero-order valence-electron chi connectivity index (χ0n) is 12.6. The van der Waals surface area contributed by atoms with Crippen molar-refractivity contribution in [2.75, 3.05) is 5.75 Å². The number of aromatic nitrogens is 1. The molecule has 1 aromatic heterocycles. The monoisotopic (exact) mass is 354 g/mol. The largest absolute Gasteiger partial charge is 0.350 e. The average Bonchev–Trinajstić information content (AvgIpc) is 2.89. The topological polar surface area (TPSA) is 42.0 Å². The average molecular weight is 355 g/mol. The third-order valence-corrected chi connectivity index (χ3v) is 5.17. The van der Waals surface area contributed by atoms with E-state index in [4.69, 9.17) is 11.6 Å². The fourth-order valence-electron chi connectivity index (χ4n) is 1.99. The van der Waals surface area contributed by atoms with Crippen LogP contribution in [-0.4, -0.2) is 16.6 Å². The first-order valence-electron chi connectivity index (χ1n) is 7.08. The van der Waals surface area contributed by atoms with Gasteiger partial charge < -0.3 is 5.32 Å². The molecule has 0 aliphatic heterocycles. The maximum Gasteiger partial charge on any atom is 0.221 e. The number of nitrogens with one attached hydrogen (secondary N) is 1. The minimum Gasteiger partial charge on any atom is -0.350 e. The summed E-state index contributed by atoms with van der Waals surface area (Å²) in [5, 5.41) is 6.85. The number of carbonyl (C=O) groups is 1. The number of hydrogen-bond donors (Lipinski definition) is 1. The number of benzene rings is 1. The lowest BCUT2D eigenvalue weighted by molar-refractivity contribution is -0.121. The number of halogens is 1. The second-order valence-corrected chi connectivity index (χ2v) is 7.61. The molecule has 0 radical (unpaired) electrons. The SMILES string of the molecule is Cc1nc(CSCCC(=O)NC(C)c2cccc(Cl)c2)cs1. The van der Waals surface area contributed by atoms with E-state index in [2.05, 4.69) is 15.7 Å². The molecule has 0 fully saturated rings. The van der Waals surface area contributed by atoms with Crippen LogP contribution in [0.2, 0.25) is 5.02 Å². The predicted molar refractivity (Wildman–Crippen MR) is 95.6 cm³/mol. The summed E-state index contributed by atoms with van der Waals surface area (Å²) in [4.78, 5) is 16.4. The maximum absolute atomic E-state index is 12.0. The molecule has 1 aromatic carbocycles. The van der Waals surface area contributed by atoms with Crippen molar-refractivity contribution in [3.8, 4) is 0 Å². The van der Waals surface area contributed by atoms with Gasteiger partial charge in [0.05, 0.1) is 16.7 Å². The van der Waals surface area contributed by atoms with Crippen molar-refractivity contribution in [2.24, 2.45) is 0 Å². The Bertz CT molecular complexity index is 630. The standard InChI is InChI=1S/C16H19ClN2OS2/c1-11(13-4-3-5-14(17)8-13)18-16(20)6-7-21-9-15-10-22-12(2)19-15/h3-5,8,10-11H,6-7,9H2,1-2H3,(H,18,20). The fourth-order valence-corrected chi connectivity index (χ4v) is 3.74. The first-order valence-corrected chi connectivity index (χ1v) is 9.49. The summed E-state index contributed by atoms with van der Waals surface area (Å²) in [6, 6.07) is 7.54. The van der Waals surface area contributed by atoms with Gasteiger partial charge in [-0.05, 0) is 31.5 Å². The van der Waals surface area contributed by atoms with Gasteiger partial charge in [-0.2, -0.15) is 11.8 Å². The molecule has 0 saturated carbocycles. The van der Waals surface area contributed by atoms with Crippen molar-refractivity contribution in [1.82, 2.24) is 10.3 Å². The Labute approximate surface area is 144 Å². The minimum absolute atomic E-state index is 0.0302. The van der Waals surface area contributed by atoms with Crippen molar-refractivity contribution < 1.29 is 4.79 Å². The highest BCUT2D eigenvalue weighted by Crippen LogP contribution is 2.18. The van der Waals surface area contributed by atoms with E-state index in [0.717, 1.165) is 27.8 Å². The van der Waals surface area contributed by atoms with Crippen LogP contribution in [0.5, 0.6) is 0 Å². The first kappa shape index (κ1) is 17.3. The van der Waals surface area contributed by atoms with Crippen LogP contribution in [0.25, 0.3) is 0 Å². The van der Waals surface area contributed by atoms with Gasteiger partial charge in [0.25, 0.3) is 0 Å². The van der Waals surface area contributed by atoms with E-state index in [9.17, 15) is 4.79 Å². The number of carbonyl (C=O) groups excluding carboxylic acids is 1. The molecule has 1 amide bonds. The summed E-state index contributed by atoms with van der Waals surface area (Å²) >= 11 is 9.36. The van der Waals surface area contributed by atoms with Gasteiger partial charge in [-0.15, -0.1) is 11.3 Å². The summed E-state index contributed by atoms with van der Waals surface area (Å²) in [6.07, 6.45) is 0.513. The third kappa shape index (κ3) is 5.63. The Balaban J connectivity index is 1.69. The van der Waals surface area contributed by atoms with Gasteiger partial charge in [0.1, 0.15) is 0 Å². The number of hydrogen-bond acceptors (Lipinski definition) is 4. The van der Waals surface area contributed by atoms with Crippen LogP contribution < -0.4 is 5.32 Å². The first-order chi connectivity index (χ1) is 10.5. The molecular weight excluding hydrogens is 336 g/mol. The van der Waals surface area contributed by atoms with E-state index in [0.29, 0.717) is 11.4 Å². The summed E-state index contributed by atoms with van der Waals surface area (Å²) in [5.41, 5.74) is 2.12. The second-order valence-electron chi connectivity index (χ2n) is 5.00. The van der Waals surface area contributed by atoms with Gasteiger partial charge in [-0.3, -0.25) is 4.79 Å². The lowest BCUT2D eigenvalue weighted by Gasteiger charge is -2.14. The Kier molecular flexibility index (Phi) is 6.73. The van der Waals surface area contributed by atoms with Crippen LogP contribution in [0, 0.1) is 6.92 Å². The van der Waals surface area contributed by atoms with Crippen LogP contribution in [0.1, 0.15) is 35.7 Å². The molecule has 0 aliphatic carbocycles. The molecule has 1 unspecified atom stereocenters. The Morgan fingerprint density at radius 3 is 3.00 bits per heavy atom. The molecule has 0 spiro atoms. The number of aryl methyl sites for hydroxylation is 1. The molecule has 1 N–H and O–H groups in total. The molecule has 6 heteroatoms. The Hall–Kier alpha value is -1.04. The number of thioether (sulfide) groups is 1. The molecule has 3 nitrogen and oxygen atoms in total. The highest BCUT2D eigenvalue weighted by Gasteiger charge is 2.10. The van der Waals surface area contributed by atoms with Crippen LogP contribution in [0.15, 0.2) is 29.6 Å². The maximum atomic E-state index is 12.0. The van der Waals surface area contributed by atoms with Crippen LogP contribution >= 0.6 is 34.7 Å². The van der Waals surface area contributed by atoms with E-state index >= 15 is 0 Å². The molecule has 2 rings (SSSR count). The summed E-state index contributed by atoms with van der Waals surface area (Å²) < 4.78 is 0. The number of thiazole rings is 1. The van der Waals surface area contributed by atoms with Gasteiger partial charge in [0, 0.05) is 28.3 Å². The summed E-state index contributed by atoms with van der Waals surface area (Å²) in [7, 11) is 0. The van der Waals surface area contributed by atoms with Crippen molar-refractivity contribution in [3.63, 3.8) is 0 Å². The smallest absolute Gasteiger partial charge is 0.221 e. The number of amides is 1. The highest BCUT2D eigenvalue weighted by molar-refractivity contribution is 7.98. The zero-order valence-corrected chi connectivity index (χ0v) is 15.0. The van der Waals surface area contributed by atoms with E-state index < -0.39 is 0 Å². The van der Waals surface area contributed by atoms with E-state index in [1.165, 1.54) is 0 Å². The second kappa shape index (κ2) is 8.56. The van der Waals surface area contributed by atoms with Gasteiger partial charge in [-0.1, -0.05) is 23.7 Å². The summed E-state index contributed by atoms with van der Waals surface area (Å²) in [6.45, 7) is 3.97. The molecular formula is C16H19ClN2OS2. The Morgan fingerprint density at radius 1 is 1.50 bits per heavy atom. The van der Waals surface area contributed by atoms with Crippen LogP contribution in [-0.2, 0) is 10.5 Å². The lowest BCUT2D eigenvalue weighted by atomic mass is 10.1. The van der Waals surface area contributed by atoms with E-state index in [1.807, 2.05) is 38.1 Å². The van der Waals surface area contributed by atoms with Crippen molar-refractivity contribution >= 4 is 40.6 Å². The number of nitrogens with zero attached hydrogens (tertiary/aromatic N) is 1. The minimum atomic E-state index is -0.0302. The summed E-state index contributed by atoms with van der Waals surface area (Å²) in [5.74, 6) is 1.72. The highest BCUT2D eigenvalue weighted by atomic mass is 35.5. The third-order valence-electron chi connectivity index (χ3n) is 3.12. The fraction of sp³-hybridized carbons (Fsp3) is 0.375. The number of rotatable bonds is 7. The quantitative estimate of drug-likeness (QED) is 0.738. The predicted octanol–water partition coefficient (Wildman–Crippen LogP) is 4.61. The van der Waals surface area contributed by atoms with Crippen molar-refractivity contribution in [1.29, 1.82) is 0 Å². The molecule has 22 heavy (non-hydrogen) atoms. The van der Waals surface area contributed by atoms with Gasteiger partial charge in [0.15, 0.2) is 0 Å². The lowest BCUT2D eigenvalue weighted by Crippen LogP contribution is -2.26. The molecule has 0 saturated heterocycles. The molecule has 1 heterocycles. The molecule has 118 valence electrons. The van der Waals surface area contributed by atoms with E-state index in [-0.39, 0.29) is 11.9 Å². The van der Waals surface area contributed by atoms with Gasteiger partial charge >= 0.3 is 0 Å². The molecule has 1 atom stereocenters. The zero-order chi connectivity index (χ0) is 15.9. The molecule has 2 aromatic rings. The van der Waals surface area contributed by atoms with Crippen LogP contribution in [0.4, 0.5) is 0 Å². The molecule has 0 aliphatic rings. The molecule has 0 bridgehead atoms.